The number of carbonyl (C=O) groups is 1. The van der Waals surface area contributed by atoms with E-state index in [2.05, 4.69) is 30.3 Å². The molecule has 3 rings (SSSR count). The van der Waals surface area contributed by atoms with E-state index in [4.69, 9.17) is 5.73 Å². The minimum atomic E-state index is -0.281. The molecule has 0 spiro atoms. The van der Waals surface area contributed by atoms with E-state index >= 15 is 0 Å². The largest absolute Gasteiger partial charge is 0.370 e. The summed E-state index contributed by atoms with van der Waals surface area (Å²) < 4.78 is 0. The second kappa shape index (κ2) is 5.80. The molecule has 2 N–H and O–H groups in total. The van der Waals surface area contributed by atoms with Gasteiger partial charge in [0.15, 0.2) is 0 Å². The number of fused-ring (bicyclic) bond motifs is 1. The predicted octanol–water partition coefficient (Wildman–Crippen LogP) is 3.85. The van der Waals surface area contributed by atoms with Crippen LogP contribution in [0.15, 0.2) is 72.8 Å². The Kier molecular flexibility index (Phi) is 3.69. The molecule has 0 radical (unpaired) electrons. The first kappa shape index (κ1) is 13.4. The first-order chi connectivity index (χ1) is 10.2. The van der Waals surface area contributed by atoms with Crippen LogP contribution >= 0.6 is 0 Å². The van der Waals surface area contributed by atoms with Crippen LogP contribution in [0.3, 0.4) is 0 Å². The third kappa shape index (κ3) is 2.95. The van der Waals surface area contributed by atoms with Crippen LogP contribution in [-0.2, 0) is 4.79 Å². The minimum Gasteiger partial charge on any atom is -0.370 e. The summed E-state index contributed by atoms with van der Waals surface area (Å²) in [7, 11) is 0. The fourth-order valence-electron chi connectivity index (χ4n) is 2.74. The molecule has 0 aliphatic rings. The van der Waals surface area contributed by atoms with Crippen LogP contribution in [0.25, 0.3) is 10.8 Å². The van der Waals surface area contributed by atoms with E-state index in [0.717, 1.165) is 11.1 Å². The number of amides is 1. The van der Waals surface area contributed by atoms with Gasteiger partial charge >= 0.3 is 0 Å². The maximum atomic E-state index is 11.4. The van der Waals surface area contributed by atoms with E-state index < -0.39 is 0 Å². The smallest absolute Gasteiger partial charge is 0.218 e. The highest BCUT2D eigenvalue weighted by Crippen LogP contribution is 2.30. The van der Waals surface area contributed by atoms with Crippen LogP contribution in [-0.4, -0.2) is 5.91 Å². The summed E-state index contributed by atoms with van der Waals surface area (Å²) >= 11 is 0. The summed E-state index contributed by atoms with van der Waals surface area (Å²) in [6.45, 7) is 0. The fraction of sp³-hybridized carbons (Fsp3) is 0.105. The highest BCUT2D eigenvalue weighted by Gasteiger charge is 2.16. The molecular weight excluding hydrogens is 258 g/mol. The third-order valence-corrected chi connectivity index (χ3v) is 3.78. The monoisotopic (exact) mass is 275 g/mol. The number of primary amides is 1. The third-order valence-electron chi connectivity index (χ3n) is 3.78. The summed E-state index contributed by atoms with van der Waals surface area (Å²) in [5, 5.41) is 2.38. The van der Waals surface area contributed by atoms with Gasteiger partial charge in [-0.05, 0) is 21.9 Å². The van der Waals surface area contributed by atoms with Gasteiger partial charge in [-0.1, -0.05) is 72.8 Å². The number of rotatable bonds is 4. The van der Waals surface area contributed by atoms with Crippen molar-refractivity contribution >= 4 is 16.7 Å². The first-order valence-electron chi connectivity index (χ1n) is 7.06. The van der Waals surface area contributed by atoms with Gasteiger partial charge in [0.1, 0.15) is 0 Å². The van der Waals surface area contributed by atoms with Crippen molar-refractivity contribution in [2.24, 2.45) is 5.73 Å². The summed E-state index contributed by atoms with van der Waals surface area (Å²) in [4.78, 5) is 11.4. The lowest BCUT2D eigenvalue weighted by Crippen LogP contribution is -2.16. The van der Waals surface area contributed by atoms with E-state index in [-0.39, 0.29) is 11.8 Å². The number of hydrogen-bond acceptors (Lipinski definition) is 1. The summed E-state index contributed by atoms with van der Waals surface area (Å²) in [6, 6.07) is 24.6. The van der Waals surface area contributed by atoms with Gasteiger partial charge in [0, 0.05) is 12.3 Å². The molecule has 0 aliphatic heterocycles. The molecule has 2 heteroatoms. The highest BCUT2D eigenvalue weighted by molar-refractivity contribution is 5.83. The average Bonchev–Trinajstić information content (AvgIpc) is 2.53. The van der Waals surface area contributed by atoms with Crippen LogP contribution in [0.2, 0.25) is 0 Å². The van der Waals surface area contributed by atoms with Crippen LogP contribution in [0.1, 0.15) is 23.5 Å². The van der Waals surface area contributed by atoms with Crippen molar-refractivity contribution in [1.29, 1.82) is 0 Å². The number of benzene rings is 3. The Hall–Kier alpha value is -2.61. The minimum absolute atomic E-state index is 0.00769. The standard InChI is InChI=1S/C19H17NO/c20-19(21)13-18(15-7-2-1-3-8-15)17-11-10-14-6-4-5-9-16(14)12-17/h1-12,18H,13H2,(H2,20,21)/t18-/m1/s1. The number of carbonyl (C=O) groups excluding carboxylic acids is 1. The van der Waals surface area contributed by atoms with Gasteiger partial charge in [-0.3, -0.25) is 4.79 Å². The second-order valence-electron chi connectivity index (χ2n) is 5.24. The normalized spacial score (nSPS) is 12.2. The molecule has 2 nitrogen and oxygen atoms in total. The maximum Gasteiger partial charge on any atom is 0.218 e. The molecular formula is C19H17NO. The van der Waals surface area contributed by atoms with Crippen LogP contribution < -0.4 is 5.73 Å². The Morgan fingerprint density at radius 2 is 1.48 bits per heavy atom. The van der Waals surface area contributed by atoms with Gasteiger partial charge in [0.2, 0.25) is 5.91 Å². The van der Waals surface area contributed by atoms with Gasteiger partial charge < -0.3 is 5.73 Å². The van der Waals surface area contributed by atoms with Crippen molar-refractivity contribution < 1.29 is 4.79 Å². The maximum absolute atomic E-state index is 11.4. The topological polar surface area (TPSA) is 43.1 Å². The van der Waals surface area contributed by atoms with E-state index in [1.54, 1.807) is 0 Å². The summed E-state index contributed by atoms with van der Waals surface area (Å²) in [5.41, 5.74) is 7.68. The molecule has 0 aliphatic carbocycles. The van der Waals surface area contributed by atoms with Crippen molar-refractivity contribution in [2.75, 3.05) is 0 Å². The van der Waals surface area contributed by atoms with Crippen molar-refractivity contribution in [3.63, 3.8) is 0 Å². The van der Waals surface area contributed by atoms with Gasteiger partial charge in [0.05, 0.1) is 0 Å². The average molecular weight is 275 g/mol. The zero-order valence-corrected chi connectivity index (χ0v) is 11.7. The Balaban J connectivity index is 2.07. The molecule has 0 saturated heterocycles. The van der Waals surface area contributed by atoms with Crippen molar-refractivity contribution in [3.8, 4) is 0 Å². The summed E-state index contributed by atoms with van der Waals surface area (Å²) in [5.74, 6) is -0.273. The molecule has 3 aromatic rings. The molecule has 1 amide bonds. The van der Waals surface area contributed by atoms with E-state index in [0.29, 0.717) is 6.42 Å². The molecule has 0 unspecified atom stereocenters. The SMILES string of the molecule is NC(=O)C[C@H](c1ccccc1)c1ccc2ccccc2c1. The van der Waals surface area contributed by atoms with Gasteiger partial charge in [0.25, 0.3) is 0 Å². The highest BCUT2D eigenvalue weighted by atomic mass is 16.1. The van der Waals surface area contributed by atoms with E-state index in [1.165, 1.54) is 10.8 Å². The van der Waals surface area contributed by atoms with Crippen molar-refractivity contribution in [3.05, 3.63) is 83.9 Å². The van der Waals surface area contributed by atoms with Gasteiger partial charge in [-0.2, -0.15) is 0 Å². The fourth-order valence-corrected chi connectivity index (χ4v) is 2.74. The van der Waals surface area contributed by atoms with E-state index in [1.807, 2.05) is 42.5 Å². The summed E-state index contributed by atoms with van der Waals surface area (Å²) in [6.07, 6.45) is 0.322. The van der Waals surface area contributed by atoms with Crippen LogP contribution in [0.4, 0.5) is 0 Å². The van der Waals surface area contributed by atoms with Crippen molar-refractivity contribution in [1.82, 2.24) is 0 Å². The molecule has 21 heavy (non-hydrogen) atoms. The lowest BCUT2D eigenvalue weighted by atomic mass is 9.87. The second-order valence-corrected chi connectivity index (χ2v) is 5.24. The van der Waals surface area contributed by atoms with Crippen LogP contribution in [0, 0.1) is 0 Å². The zero-order valence-electron chi connectivity index (χ0n) is 11.7. The molecule has 0 heterocycles. The molecule has 104 valence electrons. The Morgan fingerprint density at radius 3 is 2.19 bits per heavy atom. The van der Waals surface area contributed by atoms with Gasteiger partial charge in [-0.15, -0.1) is 0 Å². The molecule has 0 bridgehead atoms. The quantitative estimate of drug-likeness (QED) is 0.772. The lowest BCUT2D eigenvalue weighted by Gasteiger charge is -2.17. The Morgan fingerprint density at radius 1 is 0.810 bits per heavy atom. The Labute approximate surface area is 124 Å². The Bertz CT molecular complexity index is 765. The molecule has 0 saturated carbocycles. The van der Waals surface area contributed by atoms with Crippen molar-refractivity contribution in [2.45, 2.75) is 12.3 Å². The predicted molar refractivity (Wildman–Crippen MR) is 86.0 cm³/mol. The number of nitrogens with two attached hydrogens (primary N) is 1. The molecule has 0 fully saturated rings. The molecule has 3 aromatic carbocycles. The molecule has 0 aromatic heterocycles. The van der Waals surface area contributed by atoms with E-state index in [9.17, 15) is 4.79 Å². The van der Waals surface area contributed by atoms with Crippen LogP contribution in [0.5, 0.6) is 0 Å². The first-order valence-corrected chi connectivity index (χ1v) is 7.06. The lowest BCUT2D eigenvalue weighted by molar-refractivity contribution is -0.118. The van der Waals surface area contributed by atoms with Gasteiger partial charge in [-0.25, -0.2) is 0 Å². The zero-order chi connectivity index (χ0) is 14.7. The molecule has 1 atom stereocenters. The number of hydrogen-bond donors (Lipinski definition) is 1.